The van der Waals surface area contributed by atoms with E-state index in [0.29, 0.717) is 12.5 Å². The highest BCUT2D eigenvalue weighted by atomic mass is 16.5. The fourth-order valence-corrected chi connectivity index (χ4v) is 4.38. The topological polar surface area (TPSA) is 50.1 Å². The molecule has 0 radical (unpaired) electrons. The van der Waals surface area contributed by atoms with Crippen molar-refractivity contribution in [2.24, 2.45) is 11.8 Å². The van der Waals surface area contributed by atoms with Crippen molar-refractivity contribution < 1.29 is 9.53 Å². The highest BCUT2D eigenvalue weighted by Gasteiger charge is 2.19. The average molecular weight is 418 g/mol. The van der Waals surface area contributed by atoms with E-state index in [1.807, 2.05) is 12.1 Å². The first-order valence-electron chi connectivity index (χ1n) is 13.0. The summed E-state index contributed by atoms with van der Waals surface area (Å²) in [5.41, 5.74) is 0.208. The third-order valence-electron chi connectivity index (χ3n) is 6.53. The summed E-state index contributed by atoms with van der Waals surface area (Å²) in [6.07, 6.45) is 24.8. The number of rotatable bonds is 17. The Labute approximate surface area is 186 Å². The Morgan fingerprint density at radius 2 is 1.30 bits per heavy atom. The van der Waals surface area contributed by atoms with Crippen LogP contribution in [0.5, 0.6) is 0 Å². The molecule has 0 spiro atoms. The third kappa shape index (κ3) is 13.8. The van der Waals surface area contributed by atoms with E-state index in [1.165, 1.54) is 89.9 Å². The maximum atomic E-state index is 12.1. The molecule has 30 heavy (non-hydrogen) atoms. The zero-order valence-corrected chi connectivity index (χ0v) is 19.9. The van der Waals surface area contributed by atoms with E-state index in [2.05, 4.69) is 13.8 Å². The number of unbranched alkanes of at least 4 members (excludes halogenated alkanes) is 13. The standard InChI is InChI=1S/C27H47NO2/c1-3-4-5-6-7-8-9-10-11-12-13-14-15-16-21-30-27(29)26(23-28)22-25-19-17-24(2)18-20-25/h22,24-25H,3-21H2,1-2H3. The van der Waals surface area contributed by atoms with E-state index in [1.54, 1.807) is 0 Å². The first-order chi connectivity index (χ1) is 14.7. The van der Waals surface area contributed by atoms with Crippen LogP contribution >= 0.6 is 0 Å². The lowest BCUT2D eigenvalue weighted by Crippen LogP contribution is -2.14. The zero-order chi connectivity index (χ0) is 21.9. The number of nitriles is 1. The van der Waals surface area contributed by atoms with Gasteiger partial charge < -0.3 is 4.74 Å². The SMILES string of the molecule is CCCCCCCCCCCCCCCCOC(=O)C(C#N)=CC1CCC(C)CC1. The fourth-order valence-electron chi connectivity index (χ4n) is 4.38. The number of allylic oxidation sites excluding steroid dienone is 1. The van der Waals surface area contributed by atoms with Gasteiger partial charge in [-0.05, 0) is 31.1 Å². The van der Waals surface area contributed by atoms with Crippen molar-refractivity contribution in [1.82, 2.24) is 0 Å². The van der Waals surface area contributed by atoms with Crippen LogP contribution in [0.4, 0.5) is 0 Å². The minimum absolute atomic E-state index is 0.208. The number of carbonyl (C=O) groups excluding carboxylic acids is 1. The van der Waals surface area contributed by atoms with E-state index in [-0.39, 0.29) is 5.57 Å². The number of ether oxygens (including phenoxy) is 1. The Morgan fingerprint density at radius 1 is 0.833 bits per heavy atom. The van der Waals surface area contributed by atoms with Gasteiger partial charge >= 0.3 is 5.97 Å². The smallest absolute Gasteiger partial charge is 0.348 e. The quantitative estimate of drug-likeness (QED) is 0.103. The lowest BCUT2D eigenvalue weighted by molar-refractivity contribution is -0.138. The van der Waals surface area contributed by atoms with Crippen LogP contribution in [0.1, 0.15) is 129 Å². The normalized spacial score (nSPS) is 19.4. The third-order valence-corrected chi connectivity index (χ3v) is 6.53. The summed E-state index contributed by atoms with van der Waals surface area (Å²) in [7, 11) is 0. The highest BCUT2D eigenvalue weighted by molar-refractivity contribution is 5.92. The Morgan fingerprint density at radius 3 is 1.77 bits per heavy atom. The number of esters is 1. The molecule has 0 saturated heterocycles. The summed E-state index contributed by atoms with van der Waals surface area (Å²) in [6, 6.07) is 2.05. The van der Waals surface area contributed by atoms with E-state index in [0.717, 1.165) is 31.6 Å². The van der Waals surface area contributed by atoms with Crippen LogP contribution in [0.3, 0.4) is 0 Å². The van der Waals surface area contributed by atoms with Gasteiger partial charge in [0.2, 0.25) is 0 Å². The van der Waals surface area contributed by atoms with Crippen molar-refractivity contribution in [2.45, 2.75) is 129 Å². The fraction of sp³-hybridized carbons (Fsp3) is 0.852. The molecule has 0 aliphatic heterocycles. The van der Waals surface area contributed by atoms with Gasteiger partial charge in [-0.25, -0.2) is 4.79 Å². The van der Waals surface area contributed by atoms with Gasteiger partial charge in [0.25, 0.3) is 0 Å². The predicted octanol–water partition coefficient (Wildman–Crippen LogP) is 8.29. The molecule has 0 heterocycles. The number of nitrogens with zero attached hydrogens (tertiary/aromatic N) is 1. The van der Waals surface area contributed by atoms with Crippen molar-refractivity contribution in [3.63, 3.8) is 0 Å². The van der Waals surface area contributed by atoms with E-state index in [9.17, 15) is 10.1 Å². The van der Waals surface area contributed by atoms with Crippen molar-refractivity contribution in [2.75, 3.05) is 6.61 Å². The predicted molar refractivity (Wildman–Crippen MR) is 126 cm³/mol. The second kappa shape index (κ2) is 18.5. The van der Waals surface area contributed by atoms with Crippen LogP contribution in [0, 0.1) is 23.2 Å². The molecule has 3 heteroatoms. The largest absolute Gasteiger partial charge is 0.462 e. The molecule has 172 valence electrons. The first-order valence-corrected chi connectivity index (χ1v) is 13.0. The molecule has 1 aliphatic rings. The second-order valence-corrected chi connectivity index (χ2v) is 9.44. The van der Waals surface area contributed by atoms with Gasteiger partial charge in [-0.1, -0.05) is 116 Å². The van der Waals surface area contributed by atoms with Gasteiger partial charge in [-0.2, -0.15) is 5.26 Å². The zero-order valence-electron chi connectivity index (χ0n) is 19.9. The molecule has 1 fully saturated rings. The molecule has 0 unspecified atom stereocenters. The summed E-state index contributed by atoms with van der Waals surface area (Å²) in [5.74, 6) is 0.711. The molecule has 0 N–H and O–H groups in total. The lowest BCUT2D eigenvalue weighted by atomic mass is 9.82. The Balaban J connectivity index is 1.94. The van der Waals surface area contributed by atoms with Gasteiger partial charge in [-0.15, -0.1) is 0 Å². The van der Waals surface area contributed by atoms with Crippen LogP contribution in [0.25, 0.3) is 0 Å². The summed E-state index contributed by atoms with van der Waals surface area (Å²) >= 11 is 0. The minimum Gasteiger partial charge on any atom is -0.462 e. The van der Waals surface area contributed by atoms with Gasteiger partial charge in [-0.3, -0.25) is 0 Å². The van der Waals surface area contributed by atoms with E-state index < -0.39 is 5.97 Å². The molecule has 1 rings (SSSR count). The van der Waals surface area contributed by atoms with E-state index >= 15 is 0 Å². The van der Waals surface area contributed by atoms with Gasteiger partial charge in [0, 0.05) is 0 Å². The number of hydrogen-bond donors (Lipinski definition) is 0. The molecule has 0 aromatic heterocycles. The molecule has 3 nitrogen and oxygen atoms in total. The number of carbonyl (C=O) groups is 1. The summed E-state index contributed by atoms with van der Waals surface area (Å²) in [6.45, 7) is 4.99. The molecule has 0 amide bonds. The van der Waals surface area contributed by atoms with Crippen molar-refractivity contribution in [1.29, 1.82) is 5.26 Å². The van der Waals surface area contributed by atoms with Crippen LogP contribution in [-0.2, 0) is 9.53 Å². The average Bonchev–Trinajstić information content (AvgIpc) is 2.75. The van der Waals surface area contributed by atoms with Crippen molar-refractivity contribution in [3.8, 4) is 6.07 Å². The van der Waals surface area contributed by atoms with Crippen molar-refractivity contribution >= 4 is 5.97 Å². The molecule has 0 aromatic rings. The molecule has 0 aromatic carbocycles. The van der Waals surface area contributed by atoms with Gasteiger partial charge in [0.15, 0.2) is 0 Å². The molecule has 1 saturated carbocycles. The van der Waals surface area contributed by atoms with Gasteiger partial charge in [0.05, 0.1) is 6.61 Å². The highest BCUT2D eigenvalue weighted by Crippen LogP contribution is 2.29. The summed E-state index contributed by atoms with van der Waals surface area (Å²) in [4.78, 5) is 12.1. The van der Waals surface area contributed by atoms with Crippen molar-refractivity contribution in [3.05, 3.63) is 11.6 Å². The van der Waals surface area contributed by atoms with Crippen LogP contribution in [0.2, 0.25) is 0 Å². The maximum absolute atomic E-state index is 12.1. The van der Waals surface area contributed by atoms with Crippen LogP contribution in [-0.4, -0.2) is 12.6 Å². The number of hydrogen-bond acceptors (Lipinski definition) is 3. The maximum Gasteiger partial charge on any atom is 0.348 e. The minimum atomic E-state index is -0.425. The Hall–Kier alpha value is -1.30. The molecular formula is C27H47NO2. The Kier molecular flexibility index (Phi) is 16.5. The van der Waals surface area contributed by atoms with Crippen LogP contribution in [0.15, 0.2) is 11.6 Å². The monoisotopic (exact) mass is 417 g/mol. The first kappa shape index (κ1) is 26.7. The second-order valence-electron chi connectivity index (χ2n) is 9.44. The molecule has 0 bridgehead atoms. The van der Waals surface area contributed by atoms with E-state index in [4.69, 9.17) is 4.74 Å². The molecule has 1 aliphatic carbocycles. The summed E-state index contributed by atoms with van der Waals surface area (Å²) in [5, 5.41) is 9.29. The summed E-state index contributed by atoms with van der Waals surface area (Å²) < 4.78 is 5.34. The molecule has 0 atom stereocenters. The molecular weight excluding hydrogens is 370 g/mol. The van der Waals surface area contributed by atoms with Gasteiger partial charge in [0.1, 0.15) is 11.6 Å². The van der Waals surface area contributed by atoms with Crippen LogP contribution < -0.4 is 0 Å². The Bertz CT molecular complexity index is 497. The lowest BCUT2D eigenvalue weighted by Gasteiger charge is -2.23.